The Labute approximate surface area is 189 Å². The van der Waals surface area contributed by atoms with E-state index in [-0.39, 0.29) is 24.7 Å². The molecule has 10 heteroatoms. The van der Waals surface area contributed by atoms with Crippen molar-refractivity contribution >= 4 is 34.9 Å². The zero-order valence-corrected chi connectivity index (χ0v) is 18.2. The normalized spacial score (nSPS) is 11.2. The molecule has 0 aliphatic rings. The Morgan fingerprint density at radius 3 is 2.41 bits per heavy atom. The second-order valence-corrected chi connectivity index (χ2v) is 7.52. The van der Waals surface area contributed by atoms with Crippen molar-refractivity contribution in [3.8, 4) is 0 Å². The first kappa shape index (κ1) is 25.5. The van der Waals surface area contributed by atoms with Crippen molar-refractivity contribution in [1.82, 2.24) is 5.32 Å². The van der Waals surface area contributed by atoms with Crippen LogP contribution in [0.3, 0.4) is 0 Å². The first-order chi connectivity index (χ1) is 15.2. The number of amides is 3. The maximum Gasteiger partial charge on any atom is 0.416 e. The number of hydrogen-bond donors (Lipinski definition) is 3. The monoisotopic (exact) mass is 470 g/mol. The van der Waals surface area contributed by atoms with Gasteiger partial charge in [0.25, 0.3) is 0 Å². The van der Waals surface area contributed by atoms with Gasteiger partial charge in [-0.3, -0.25) is 9.69 Å². The first-order valence-corrected chi connectivity index (χ1v) is 10.6. The largest absolute Gasteiger partial charge is 0.416 e. The van der Waals surface area contributed by atoms with Crippen molar-refractivity contribution in [3.05, 3.63) is 59.1 Å². The van der Waals surface area contributed by atoms with Gasteiger partial charge in [-0.25, -0.2) is 4.79 Å². The molecule has 2 aromatic carbocycles. The third-order valence-corrected chi connectivity index (χ3v) is 4.84. The van der Waals surface area contributed by atoms with E-state index in [0.29, 0.717) is 30.1 Å². The van der Waals surface area contributed by atoms with E-state index < -0.39 is 17.8 Å². The van der Waals surface area contributed by atoms with E-state index in [2.05, 4.69) is 10.6 Å². The average Bonchev–Trinajstić information content (AvgIpc) is 2.75. The number of urea groups is 1. The molecule has 6 nitrogen and oxygen atoms in total. The van der Waals surface area contributed by atoms with Gasteiger partial charge in [0.15, 0.2) is 0 Å². The summed E-state index contributed by atoms with van der Waals surface area (Å²) < 4.78 is 39.5. The zero-order valence-electron chi connectivity index (χ0n) is 17.4. The lowest BCUT2D eigenvalue weighted by molar-refractivity contribution is -0.137. The van der Waals surface area contributed by atoms with Gasteiger partial charge in [-0.2, -0.15) is 13.2 Å². The van der Waals surface area contributed by atoms with Crippen LogP contribution in [0, 0.1) is 0 Å². The zero-order chi connectivity index (χ0) is 23.6. The second-order valence-electron chi connectivity index (χ2n) is 7.09. The van der Waals surface area contributed by atoms with E-state index >= 15 is 0 Å². The fourth-order valence-corrected chi connectivity index (χ4v) is 3.05. The summed E-state index contributed by atoms with van der Waals surface area (Å²) in [5.41, 5.74) is 5.04. The first-order valence-electron chi connectivity index (χ1n) is 10.2. The van der Waals surface area contributed by atoms with Crippen LogP contribution in [0.25, 0.3) is 0 Å². The molecule has 3 amide bonds. The minimum Gasteiger partial charge on any atom is -0.354 e. The highest BCUT2D eigenvalue weighted by Gasteiger charge is 2.31. The molecule has 0 bridgehead atoms. The van der Waals surface area contributed by atoms with Gasteiger partial charge < -0.3 is 16.4 Å². The SMILES string of the molecule is NCCCCCC(=O)NCCN(C(=O)Nc1ccc(Cl)cc1)c1cccc(C(F)(F)F)c1. The maximum atomic E-state index is 13.2. The van der Waals surface area contributed by atoms with Crippen LogP contribution >= 0.6 is 11.6 Å². The molecular weight excluding hydrogens is 445 g/mol. The molecule has 0 saturated heterocycles. The van der Waals surface area contributed by atoms with Gasteiger partial charge >= 0.3 is 12.2 Å². The van der Waals surface area contributed by atoms with Crippen molar-refractivity contribution < 1.29 is 22.8 Å². The van der Waals surface area contributed by atoms with Crippen LogP contribution in [0.15, 0.2) is 48.5 Å². The number of carbonyl (C=O) groups excluding carboxylic acids is 2. The fraction of sp³-hybridized carbons (Fsp3) is 0.364. The van der Waals surface area contributed by atoms with Gasteiger partial charge in [0.2, 0.25) is 5.91 Å². The Morgan fingerprint density at radius 2 is 1.75 bits per heavy atom. The highest BCUT2D eigenvalue weighted by Crippen LogP contribution is 2.31. The lowest BCUT2D eigenvalue weighted by Gasteiger charge is -2.24. The fourth-order valence-electron chi connectivity index (χ4n) is 2.92. The summed E-state index contributed by atoms with van der Waals surface area (Å²) in [6, 6.07) is 10.2. The predicted molar refractivity (Wildman–Crippen MR) is 120 cm³/mol. The van der Waals surface area contributed by atoms with E-state index in [1.165, 1.54) is 12.1 Å². The molecule has 2 rings (SSSR count). The quantitative estimate of drug-likeness (QED) is 0.425. The van der Waals surface area contributed by atoms with E-state index in [1.807, 2.05) is 0 Å². The molecule has 0 heterocycles. The summed E-state index contributed by atoms with van der Waals surface area (Å²) in [7, 11) is 0. The summed E-state index contributed by atoms with van der Waals surface area (Å²) in [5.74, 6) is -0.191. The van der Waals surface area contributed by atoms with E-state index in [0.717, 1.165) is 29.9 Å². The Bertz CT molecular complexity index is 891. The molecule has 0 atom stereocenters. The molecule has 0 saturated carbocycles. The van der Waals surface area contributed by atoms with Crippen molar-refractivity contribution in [2.45, 2.75) is 31.9 Å². The van der Waals surface area contributed by atoms with E-state index in [1.54, 1.807) is 24.3 Å². The van der Waals surface area contributed by atoms with Crippen molar-refractivity contribution in [2.24, 2.45) is 5.73 Å². The summed E-state index contributed by atoms with van der Waals surface area (Å²) in [6.07, 6.45) is -1.87. The number of hydrogen-bond acceptors (Lipinski definition) is 3. The summed E-state index contributed by atoms with van der Waals surface area (Å²) in [4.78, 5) is 26.0. The number of anilines is 2. The maximum absolute atomic E-state index is 13.2. The van der Waals surface area contributed by atoms with Gasteiger partial charge in [-0.15, -0.1) is 0 Å². The number of nitrogens with one attached hydrogen (secondary N) is 2. The minimum absolute atomic E-state index is 0.0186. The summed E-state index contributed by atoms with van der Waals surface area (Å²) >= 11 is 5.84. The minimum atomic E-state index is -4.55. The van der Waals surface area contributed by atoms with E-state index in [4.69, 9.17) is 17.3 Å². The number of unbranched alkanes of at least 4 members (excludes halogenated alkanes) is 2. The molecule has 0 aliphatic carbocycles. The highest BCUT2D eigenvalue weighted by molar-refractivity contribution is 6.30. The van der Waals surface area contributed by atoms with Crippen LogP contribution in [-0.4, -0.2) is 31.6 Å². The third-order valence-electron chi connectivity index (χ3n) is 4.59. The molecule has 2 aromatic rings. The van der Waals surface area contributed by atoms with Gasteiger partial charge in [-0.05, 0) is 61.9 Å². The Hall–Kier alpha value is -2.78. The molecule has 4 N–H and O–H groups in total. The number of alkyl halides is 3. The van der Waals surface area contributed by atoms with Gasteiger partial charge in [0.05, 0.1) is 5.56 Å². The lowest BCUT2D eigenvalue weighted by atomic mass is 10.2. The molecule has 0 fully saturated rings. The van der Waals surface area contributed by atoms with Crippen LogP contribution in [0.5, 0.6) is 0 Å². The molecule has 0 spiro atoms. The molecule has 0 aliphatic heterocycles. The van der Waals surface area contributed by atoms with Crippen LogP contribution in [0.1, 0.15) is 31.2 Å². The van der Waals surface area contributed by atoms with Crippen molar-refractivity contribution in [1.29, 1.82) is 0 Å². The number of benzene rings is 2. The number of nitrogens with two attached hydrogens (primary N) is 1. The third kappa shape index (κ3) is 8.39. The Morgan fingerprint density at radius 1 is 1.03 bits per heavy atom. The van der Waals surface area contributed by atoms with Crippen LogP contribution in [0.2, 0.25) is 5.02 Å². The highest BCUT2D eigenvalue weighted by atomic mass is 35.5. The number of nitrogens with zero attached hydrogens (tertiary/aromatic N) is 1. The Balaban J connectivity index is 2.10. The molecule has 0 radical (unpaired) electrons. The average molecular weight is 471 g/mol. The molecule has 174 valence electrons. The van der Waals surface area contributed by atoms with Crippen LogP contribution in [-0.2, 0) is 11.0 Å². The van der Waals surface area contributed by atoms with Gasteiger partial charge in [0.1, 0.15) is 0 Å². The molecular formula is C22H26ClF3N4O2. The van der Waals surface area contributed by atoms with E-state index in [9.17, 15) is 22.8 Å². The smallest absolute Gasteiger partial charge is 0.354 e. The lowest BCUT2D eigenvalue weighted by Crippen LogP contribution is -2.41. The molecule has 32 heavy (non-hydrogen) atoms. The predicted octanol–water partition coefficient (Wildman–Crippen LogP) is 5.03. The van der Waals surface area contributed by atoms with Crippen molar-refractivity contribution in [2.75, 3.05) is 29.9 Å². The molecule has 0 unspecified atom stereocenters. The molecule has 0 aromatic heterocycles. The van der Waals surface area contributed by atoms with Gasteiger partial charge in [-0.1, -0.05) is 24.1 Å². The Kier molecular flexibility index (Phi) is 9.80. The summed E-state index contributed by atoms with van der Waals surface area (Å²) in [5, 5.41) is 5.81. The van der Waals surface area contributed by atoms with Crippen LogP contribution in [0.4, 0.5) is 29.3 Å². The standard InChI is InChI=1S/C22H26ClF3N4O2/c23-17-8-10-18(11-9-17)29-21(32)30(14-13-28-20(31)7-2-1-3-12-27)19-6-4-5-16(15-19)22(24,25)26/h4-6,8-11,15H,1-3,7,12-14,27H2,(H,28,31)(H,29,32). The van der Waals surface area contributed by atoms with Crippen LogP contribution < -0.4 is 21.3 Å². The number of carbonyl (C=O) groups is 2. The van der Waals surface area contributed by atoms with Crippen molar-refractivity contribution in [3.63, 3.8) is 0 Å². The summed E-state index contributed by atoms with van der Waals surface area (Å²) in [6.45, 7) is 0.631. The second kappa shape index (κ2) is 12.3. The van der Waals surface area contributed by atoms with Gasteiger partial charge in [0, 0.05) is 35.9 Å². The number of halogens is 4. The topological polar surface area (TPSA) is 87.5 Å². The number of rotatable bonds is 10.